The van der Waals surface area contributed by atoms with Gasteiger partial charge in [0.1, 0.15) is 0 Å². The highest BCUT2D eigenvalue weighted by Gasteiger charge is 2.31. The fraction of sp³-hybridized carbons (Fsp3) is 0.500. The molecular formula is C16H22ClF3N4O2. The van der Waals surface area contributed by atoms with Gasteiger partial charge >= 0.3 is 6.18 Å². The van der Waals surface area contributed by atoms with E-state index in [4.69, 9.17) is 15.0 Å². The molecule has 0 amide bonds. The van der Waals surface area contributed by atoms with Crippen molar-refractivity contribution in [1.29, 1.82) is 0 Å². The molecule has 2 aromatic rings. The molecule has 1 aromatic heterocycles. The standard InChI is InChI=1S/C16H21F3N4O2.ClH/c1-11(12-4-3-5-13(8-12)16(17,18)19)23(6-7-24-2)10-14-21-15(9-20)25-22-14;/h3-5,8,11H,6-7,9-10,20H2,1-2H3;1H. The summed E-state index contributed by atoms with van der Waals surface area (Å²) in [6, 6.07) is 5.00. The third-order valence-corrected chi connectivity index (χ3v) is 3.86. The van der Waals surface area contributed by atoms with Crippen molar-refractivity contribution in [2.45, 2.75) is 32.2 Å². The van der Waals surface area contributed by atoms with Gasteiger partial charge in [0, 0.05) is 19.7 Å². The summed E-state index contributed by atoms with van der Waals surface area (Å²) in [6.45, 7) is 3.19. The molecular weight excluding hydrogens is 373 g/mol. The lowest BCUT2D eigenvalue weighted by Gasteiger charge is -2.28. The van der Waals surface area contributed by atoms with Crippen LogP contribution >= 0.6 is 12.4 Å². The lowest BCUT2D eigenvalue weighted by molar-refractivity contribution is -0.137. The fourth-order valence-corrected chi connectivity index (χ4v) is 2.42. The van der Waals surface area contributed by atoms with Gasteiger partial charge in [0.05, 0.1) is 25.3 Å². The summed E-state index contributed by atoms with van der Waals surface area (Å²) in [6.07, 6.45) is -4.38. The average molecular weight is 395 g/mol. The van der Waals surface area contributed by atoms with Crippen LogP contribution in [-0.2, 0) is 24.0 Å². The largest absolute Gasteiger partial charge is 0.416 e. The first-order valence-electron chi connectivity index (χ1n) is 7.76. The van der Waals surface area contributed by atoms with Gasteiger partial charge in [-0.15, -0.1) is 12.4 Å². The second-order valence-corrected chi connectivity index (χ2v) is 5.57. The van der Waals surface area contributed by atoms with Gasteiger partial charge in [-0.25, -0.2) is 0 Å². The average Bonchev–Trinajstić information content (AvgIpc) is 3.05. The Hall–Kier alpha value is -1.68. The maximum absolute atomic E-state index is 12.9. The van der Waals surface area contributed by atoms with E-state index in [2.05, 4.69) is 10.1 Å². The van der Waals surface area contributed by atoms with Crippen molar-refractivity contribution in [1.82, 2.24) is 15.0 Å². The molecule has 0 bridgehead atoms. The zero-order chi connectivity index (χ0) is 18.4. The third-order valence-electron chi connectivity index (χ3n) is 3.86. The molecule has 0 fully saturated rings. The first-order valence-corrected chi connectivity index (χ1v) is 7.76. The van der Waals surface area contributed by atoms with Crippen LogP contribution in [0.25, 0.3) is 0 Å². The number of hydrogen-bond donors (Lipinski definition) is 1. The number of hydrogen-bond acceptors (Lipinski definition) is 6. The van der Waals surface area contributed by atoms with Crippen LogP contribution < -0.4 is 5.73 Å². The minimum atomic E-state index is -4.38. The zero-order valence-corrected chi connectivity index (χ0v) is 15.3. The third kappa shape index (κ3) is 5.94. The minimum Gasteiger partial charge on any atom is -0.383 e. The molecule has 0 aliphatic rings. The van der Waals surface area contributed by atoms with Gasteiger partial charge in [0.15, 0.2) is 5.82 Å². The summed E-state index contributed by atoms with van der Waals surface area (Å²) >= 11 is 0. The van der Waals surface area contributed by atoms with Crippen molar-refractivity contribution < 1.29 is 22.4 Å². The Balaban J connectivity index is 0.00000338. The predicted octanol–water partition coefficient (Wildman–Crippen LogP) is 3.18. The van der Waals surface area contributed by atoms with Crippen LogP contribution in [0.15, 0.2) is 28.8 Å². The van der Waals surface area contributed by atoms with E-state index in [0.717, 1.165) is 12.1 Å². The molecule has 146 valence electrons. The molecule has 0 aliphatic heterocycles. The van der Waals surface area contributed by atoms with Gasteiger partial charge < -0.3 is 15.0 Å². The van der Waals surface area contributed by atoms with Crippen molar-refractivity contribution in [2.75, 3.05) is 20.3 Å². The lowest BCUT2D eigenvalue weighted by atomic mass is 10.0. The number of alkyl halides is 3. The SMILES string of the molecule is COCCN(Cc1noc(CN)n1)C(C)c1cccc(C(F)(F)F)c1.Cl. The number of nitrogens with zero attached hydrogens (tertiary/aromatic N) is 3. The van der Waals surface area contributed by atoms with E-state index in [-0.39, 0.29) is 25.0 Å². The Kier molecular flexibility index (Phi) is 8.48. The molecule has 1 unspecified atom stereocenters. The molecule has 6 nitrogen and oxygen atoms in total. The van der Waals surface area contributed by atoms with E-state index >= 15 is 0 Å². The van der Waals surface area contributed by atoms with Gasteiger partial charge in [-0.05, 0) is 24.6 Å². The molecule has 0 spiro atoms. The van der Waals surface area contributed by atoms with Gasteiger partial charge in [-0.1, -0.05) is 17.3 Å². The first kappa shape index (κ1) is 22.4. The van der Waals surface area contributed by atoms with Crippen LogP contribution in [0.4, 0.5) is 13.2 Å². The smallest absolute Gasteiger partial charge is 0.383 e. The van der Waals surface area contributed by atoms with Crippen molar-refractivity contribution in [3.63, 3.8) is 0 Å². The molecule has 0 radical (unpaired) electrons. The summed E-state index contributed by atoms with van der Waals surface area (Å²) in [4.78, 5) is 6.07. The van der Waals surface area contributed by atoms with Crippen LogP contribution in [-0.4, -0.2) is 35.3 Å². The van der Waals surface area contributed by atoms with Crippen LogP contribution in [0.1, 0.15) is 35.8 Å². The normalized spacial score (nSPS) is 12.9. The number of rotatable bonds is 8. The molecule has 1 atom stereocenters. The Labute approximate surface area is 155 Å². The van der Waals surface area contributed by atoms with Crippen molar-refractivity contribution >= 4 is 12.4 Å². The topological polar surface area (TPSA) is 77.4 Å². The van der Waals surface area contributed by atoms with Crippen LogP contribution in [0.3, 0.4) is 0 Å². The summed E-state index contributed by atoms with van der Waals surface area (Å²) in [7, 11) is 1.56. The quantitative estimate of drug-likeness (QED) is 0.741. The predicted molar refractivity (Wildman–Crippen MR) is 91.6 cm³/mol. The zero-order valence-electron chi connectivity index (χ0n) is 14.5. The second kappa shape index (κ2) is 9.86. The van der Waals surface area contributed by atoms with Gasteiger partial charge in [0.25, 0.3) is 0 Å². The Bertz CT molecular complexity index is 682. The van der Waals surface area contributed by atoms with Crippen molar-refractivity contribution in [2.24, 2.45) is 5.73 Å². The van der Waals surface area contributed by atoms with E-state index in [1.165, 1.54) is 6.07 Å². The lowest BCUT2D eigenvalue weighted by Crippen LogP contribution is -2.30. The molecule has 0 saturated heterocycles. The van der Waals surface area contributed by atoms with Crippen molar-refractivity contribution in [3.8, 4) is 0 Å². The molecule has 1 heterocycles. The van der Waals surface area contributed by atoms with E-state index in [0.29, 0.717) is 37.0 Å². The van der Waals surface area contributed by atoms with Gasteiger partial charge in [0.2, 0.25) is 5.89 Å². The van der Waals surface area contributed by atoms with Crippen LogP contribution in [0, 0.1) is 0 Å². The fourth-order valence-electron chi connectivity index (χ4n) is 2.42. The van der Waals surface area contributed by atoms with E-state index < -0.39 is 11.7 Å². The number of halogens is 4. The number of aromatic nitrogens is 2. The maximum Gasteiger partial charge on any atom is 0.416 e. The van der Waals surface area contributed by atoms with Crippen LogP contribution in [0.2, 0.25) is 0 Å². The molecule has 10 heteroatoms. The summed E-state index contributed by atoms with van der Waals surface area (Å²) < 4.78 is 48.9. The molecule has 0 aliphatic carbocycles. The Morgan fingerprint density at radius 2 is 2.08 bits per heavy atom. The maximum atomic E-state index is 12.9. The summed E-state index contributed by atoms with van der Waals surface area (Å²) in [5.41, 5.74) is 5.32. The Morgan fingerprint density at radius 3 is 2.65 bits per heavy atom. The molecule has 2 N–H and O–H groups in total. The number of nitrogens with two attached hydrogens (primary N) is 1. The molecule has 2 rings (SSSR count). The van der Waals surface area contributed by atoms with Crippen LogP contribution in [0.5, 0.6) is 0 Å². The summed E-state index contributed by atoms with van der Waals surface area (Å²) in [5, 5.41) is 3.84. The Morgan fingerprint density at radius 1 is 1.35 bits per heavy atom. The number of methoxy groups -OCH3 is 1. The highest BCUT2D eigenvalue weighted by atomic mass is 35.5. The molecule has 26 heavy (non-hydrogen) atoms. The van der Waals surface area contributed by atoms with E-state index in [9.17, 15) is 13.2 Å². The first-order chi connectivity index (χ1) is 11.8. The van der Waals surface area contributed by atoms with Crippen molar-refractivity contribution in [3.05, 3.63) is 47.1 Å². The van der Waals surface area contributed by atoms with Gasteiger partial charge in [-0.2, -0.15) is 18.2 Å². The summed E-state index contributed by atoms with van der Waals surface area (Å²) in [5.74, 6) is 0.740. The van der Waals surface area contributed by atoms with Gasteiger partial charge in [-0.3, -0.25) is 4.90 Å². The highest BCUT2D eigenvalue weighted by Crippen LogP contribution is 2.32. The number of ether oxygens (including phenoxy) is 1. The number of benzene rings is 1. The van der Waals surface area contributed by atoms with E-state index in [1.54, 1.807) is 13.2 Å². The minimum absolute atomic E-state index is 0. The molecule has 0 saturated carbocycles. The molecule has 1 aromatic carbocycles. The highest BCUT2D eigenvalue weighted by molar-refractivity contribution is 5.85. The monoisotopic (exact) mass is 394 g/mol. The van der Waals surface area contributed by atoms with E-state index in [1.807, 2.05) is 11.8 Å². The second-order valence-electron chi connectivity index (χ2n) is 5.57.